The maximum Gasteiger partial charge on any atom is 0.1000 e. The lowest BCUT2D eigenvalue weighted by molar-refractivity contribution is 0.273. The van der Waals surface area contributed by atoms with Gasteiger partial charge in [-0.25, -0.2) is 9.36 Å². The van der Waals surface area contributed by atoms with Crippen LogP contribution in [-0.2, 0) is 0 Å². The Kier molecular flexibility index (Phi) is 6.79. The molecule has 4 aromatic rings. The summed E-state index contributed by atoms with van der Waals surface area (Å²) in [7, 11) is 2.13. The first-order valence-electron chi connectivity index (χ1n) is 10.4. The van der Waals surface area contributed by atoms with Gasteiger partial charge in [-0.1, -0.05) is 46.8 Å². The molecule has 7 nitrogen and oxygen atoms in total. The summed E-state index contributed by atoms with van der Waals surface area (Å²) in [6, 6.07) is 20.3. The second-order valence-electron chi connectivity index (χ2n) is 7.52. The Bertz CT molecular complexity index is 1080. The van der Waals surface area contributed by atoms with Crippen LogP contribution in [0.4, 0.5) is 0 Å². The largest absolute Gasteiger partial charge is 0.297 e. The predicted octanol–water partition coefficient (Wildman–Crippen LogP) is 4.34. The number of hydrogen-bond acceptors (Lipinski definition) is 6. The van der Waals surface area contributed by atoms with Gasteiger partial charge in [0.25, 0.3) is 0 Å². The van der Waals surface area contributed by atoms with Crippen molar-refractivity contribution in [1.29, 1.82) is 0 Å². The minimum atomic E-state index is 0.187. The van der Waals surface area contributed by atoms with Crippen molar-refractivity contribution in [1.82, 2.24) is 34.9 Å². The van der Waals surface area contributed by atoms with Gasteiger partial charge in [0.2, 0.25) is 0 Å². The Balaban J connectivity index is 1.28. The molecule has 0 fully saturated rings. The van der Waals surface area contributed by atoms with Crippen LogP contribution < -0.4 is 0 Å². The van der Waals surface area contributed by atoms with Gasteiger partial charge in [-0.3, -0.25) is 4.90 Å². The molecule has 0 spiro atoms. The van der Waals surface area contributed by atoms with E-state index in [1.165, 1.54) is 0 Å². The summed E-state index contributed by atoms with van der Waals surface area (Å²) in [6.07, 6.45) is 4.02. The van der Waals surface area contributed by atoms with E-state index in [0.717, 1.165) is 35.1 Å². The average Bonchev–Trinajstić information content (AvgIpc) is 3.50. The lowest BCUT2D eigenvalue weighted by atomic mass is 10.2. The third kappa shape index (κ3) is 5.21. The molecule has 2 aromatic heterocycles. The van der Waals surface area contributed by atoms with Gasteiger partial charge in [0.05, 0.1) is 41.2 Å². The van der Waals surface area contributed by atoms with Crippen molar-refractivity contribution < 1.29 is 0 Å². The zero-order chi connectivity index (χ0) is 21.6. The van der Waals surface area contributed by atoms with Crippen LogP contribution in [0.25, 0.3) is 11.4 Å². The van der Waals surface area contributed by atoms with Crippen LogP contribution in [0.15, 0.2) is 73.1 Å². The van der Waals surface area contributed by atoms with Crippen molar-refractivity contribution >= 4 is 11.8 Å². The van der Waals surface area contributed by atoms with Crippen LogP contribution in [0, 0.1) is 0 Å². The normalized spacial score (nSPS) is 13.4. The van der Waals surface area contributed by atoms with Gasteiger partial charge in [-0.15, -0.1) is 10.2 Å². The van der Waals surface area contributed by atoms with Crippen LogP contribution in [0.3, 0.4) is 0 Å². The highest BCUT2D eigenvalue weighted by atomic mass is 32.2. The van der Waals surface area contributed by atoms with Crippen LogP contribution in [0.2, 0.25) is 0 Å². The lowest BCUT2D eigenvalue weighted by Crippen LogP contribution is -2.25. The number of benzene rings is 2. The maximum absolute atomic E-state index is 4.38. The van der Waals surface area contributed by atoms with E-state index in [0.29, 0.717) is 0 Å². The van der Waals surface area contributed by atoms with Crippen molar-refractivity contribution in [3.8, 4) is 11.4 Å². The highest BCUT2D eigenvalue weighted by Crippen LogP contribution is 2.27. The zero-order valence-corrected chi connectivity index (χ0v) is 18.9. The molecule has 2 unspecified atom stereocenters. The molecule has 0 radical (unpaired) electrons. The molecule has 2 aromatic carbocycles. The molecule has 0 aliphatic carbocycles. The maximum atomic E-state index is 4.38. The summed E-state index contributed by atoms with van der Waals surface area (Å²) in [5.74, 6) is 0.993. The Hall–Kier alpha value is -2.97. The zero-order valence-electron chi connectivity index (χ0n) is 18.0. The van der Waals surface area contributed by atoms with Gasteiger partial charge in [0.1, 0.15) is 0 Å². The quantitative estimate of drug-likeness (QED) is 0.391. The van der Waals surface area contributed by atoms with E-state index < -0.39 is 0 Å². The Morgan fingerprint density at radius 2 is 1.32 bits per heavy atom. The van der Waals surface area contributed by atoms with E-state index in [9.17, 15) is 0 Å². The van der Waals surface area contributed by atoms with Gasteiger partial charge in [-0.05, 0) is 45.2 Å². The number of aromatic nitrogens is 6. The van der Waals surface area contributed by atoms with Gasteiger partial charge < -0.3 is 0 Å². The number of hydrogen-bond donors (Lipinski definition) is 0. The first kappa shape index (κ1) is 21.3. The highest BCUT2D eigenvalue weighted by Gasteiger charge is 2.17. The fourth-order valence-corrected chi connectivity index (χ4v) is 4.25. The molecule has 2 atom stereocenters. The van der Waals surface area contributed by atoms with Crippen LogP contribution in [0.1, 0.15) is 36.5 Å². The average molecular weight is 434 g/mol. The van der Waals surface area contributed by atoms with E-state index in [1.54, 1.807) is 0 Å². The fraction of sp³-hybridized carbons (Fsp3) is 0.304. The first-order valence-corrected chi connectivity index (χ1v) is 11.4. The highest BCUT2D eigenvalue weighted by molar-refractivity contribution is 7.99. The van der Waals surface area contributed by atoms with E-state index in [4.69, 9.17) is 0 Å². The fourth-order valence-electron chi connectivity index (χ4n) is 3.22. The molecular formula is C23H27N7S. The third-order valence-electron chi connectivity index (χ3n) is 5.38. The van der Waals surface area contributed by atoms with Crippen molar-refractivity contribution in [3.05, 3.63) is 84.4 Å². The smallest absolute Gasteiger partial charge is 0.1000 e. The third-order valence-corrected chi connectivity index (χ3v) is 6.54. The molecule has 160 valence electrons. The second kappa shape index (κ2) is 9.89. The van der Waals surface area contributed by atoms with Gasteiger partial charge >= 0.3 is 0 Å². The second-order valence-corrected chi connectivity index (χ2v) is 8.97. The molecule has 0 N–H and O–H groups in total. The topological polar surface area (TPSA) is 64.7 Å². The molecule has 0 saturated heterocycles. The number of nitrogens with zero attached hydrogens (tertiary/aromatic N) is 7. The van der Waals surface area contributed by atoms with Gasteiger partial charge in [0.15, 0.2) is 0 Å². The van der Waals surface area contributed by atoms with Crippen LogP contribution in [0.5, 0.6) is 0 Å². The van der Waals surface area contributed by atoms with E-state index >= 15 is 0 Å². The van der Waals surface area contributed by atoms with E-state index in [2.05, 4.69) is 46.4 Å². The monoisotopic (exact) mass is 433 g/mol. The van der Waals surface area contributed by atoms with Crippen molar-refractivity contribution in [2.24, 2.45) is 0 Å². The summed E-state index contributed by atoms with van der Waals surface area (Å²) < 4.78 is 3.66. The summed E-state index contributed by atoms with van der Waals surface area (Å²) in [5.41, 5.74) is 4.00. The molecule has 31 heavy (non-hydrogen) atoms. The van der Waals surface area contributed by atoms with Gasteiger partial charge in [-0.2, -0.15) is 11.8 Å². The van der Waals surface area contributed by atoms with E-state index in [1.807, 2.05) is 94.2 Å². The molecular weight excluding hydrogens is 406 g/mol. The Labute approximate surface area is 187 Å². The molecule has 0 aliphatic heterocycles. The minimum Gasteiger partial charge on any atom is -0.297 e. The first-order chi connectivity index (χ1) is 15.1. The number of para-hydroxylation sites is 2. The van der Waals surface area contributed by atoms with Crippen molar-refractivity contribution in [3.63, 3.8) is 0 Å². The summed E-state index contributed by atoms with van der Waals surface area (Å²) in [5, 5.41) is 17.6. The molecule has 0 aliphatic rings. The van der Waals surface area contributed by atoms with E-state index in [-0.39, 0.29) is 11.3 Å². The van der Waals surface area contributed by atoms with Crippen LogP contribution in [-0.4, -0.2) is 54.2 Å². The lowest BCUT2D eigenvalue weighted by Gasteiger charge is -2.23. The van der Waals surface area contributed by atoms with Crippen molar-refractivity contribution in [2.75, 3.05) is 19.3 Å². The Morgan fingerprint density at radius 1 is 0.806 bits per heavy atom. The standard InChI is InChI=1S/C23H27N7S/c1-18(22-16-29(26-24-22)20-10-6-4-7-11-20)28(3)14-15-31-19(2)23-17-30(27-25-23)21-12-8-5-9-13-21/h4-13,16-19H,14-15H2,1-3H3. The molecule has 0 saturated carbocycles. The van der Waals surface area contributed by atoms with Crippen molar-refractivity contribution in [2.45, 2.75) is 25.1 Å². The minimum absolute atomic E-state index is 0.187. The molecule has 4 rings (SSSR count). The Morgan fingerprint density at radius 3 is 1.90 bits per heavy atom. The molecule has 0 bridgehead atoms. The number of rotatable bonds is 9. The summed E-state index contributed by atoms with van der Waals surface area (Å²) in [6.45, 7) is 5.29. The molecule has 8 heteroatoms. The SMILES string of the molecule is CC(SCCN(C)C(C)c1cn(-c2ccccc2)nn1)c1cn(-c2ccccc2)nn1. The summed E-state index contributed by atoms with van der Waals surface area (Å²) >= 11 is 1.88. The van der Waals surface area contributed by atoms with Gasteiger partial charge in [0, 0.05) is 17.5 Å². The van der Waals surface area contributed by atoms with Crippen LogP contribution >= 0.6 is 11.8 Å². The number of thioether (sulfide) groups is 1. The molecule has 0 amide bonds. The molecule has 2 heterocycles. The summed E-state index contributed by atoms with van der Waals surface area (Å²) in [4.78, 5) is 2.31. The predicted molar refractivity (Wildman–Crippen MR) is 125 cm³/mol.